The summed E-state index contributed by atoms with van der Waals surface area (Å²) in [5, 5.41) is 0. The molecule has 0 nitrogen and oxygen atoms in total. The molecule has 3 aliphatic carbocycles. The van der Waals surface area contributed by atoms with Gasteiger partial charge in [-0.2, -0.15) is 13.2 Å². The Morgan fingerprint density at radius 2 is 1.70 bits per heavy atom. The van der Waals surface area contributed by atoms with E-state index < -0.39 is 11.7 Å². The van der Waals surface area contributed by atoms with Crippen molar-refractivity contribution in [3.05, 3.63) is 41.3 Å². The molecule has 0 unspecified atom stereocenters. The molecule has 0 aromatic heterocycles. The van der Waals surface area contributed by atoms with Gasteiger partial charge in [0.25, 0.3) is 0 Å². The minimum absolute atomic E-state index is 0.538. The van der Waals surface area contributed by atoms with Crippen molar-refractivity contribution in [2.45, 2.75) is 38.3 Å². The predicted molar refractivity (Wildman–Crippen MR) is 70.8 cm³/mol. The first-order valence-corrected chi connectivity index (χ1v) is 7.57. The molecule has 0 aliphatic heterocycles. The van der Waals surface area contributed by atoms with Gasteiger partial charge in [-0.25, -0.2) is 0 Å². The quantitative estimate of drug-likeness (QED) is 0.628. The van der Waals surface area contributed by atoms with Crippen LogP contribution >= 0.6 is 0 Å². The van der Waals surface area contributed by atoms with Crippen molar-refractivity contribution in [3.63, 3.8) is 0 Å². The van der Waals surface area contributed by atoms with Crippen LogP contribution in [-0.4, -0.2) is 0 Å². The van der Waals surface area contributed by atoms with Gasteiger partial charge < -0.3 is 0 Å². The zero-order chi connectivity index (χ0) is 13.9. The van der Waals surface area contributed by atoms with Crippen molar-refractivity contribution in [2.24, 2.45) is 23.7 Å². The summed E-state index contributed by atoms with van der Waals surface area (Å²) in [6.45, 7) is 0. The first-order valence-electron chi connectivity index (χ1n) is 7.57. The highest BCUT2D eigenvalue weighted by molar-refractivity contribution is 5.39. The smallest absolute Gasteiger partial charge is 0.166 e. The van der Waals surface area contributed by atoms with Crippen LogP contribution in [0.25, 0.3) is 0 Å². The van der Waals surface area contributed by atoms with Gasteiger partial charge in [0.15, 0.2) is 0 Å². The fourth-order valence-corrected chi connectivity index (χ4v) is 5.05. The second-order valence-electron chi connectivity index (χ2n) is 6.67. The lowest BCUT2D eigenvalue weighted by atomic mass is 9.73. The van der Waals surface area contributed by atoms with Crippen LogP contribution in [0.4, 0.5) is 13.2 Å². The highest BCUT2D eigenvalue weighted by atomic mass is 19.4. The average molecular weight is 279 g/mol. The largest absolute Gasteiger partial charge is 0.418 e. The second kappa shape index (κ2) is 4.19. The molecule has 2 bridgehead atoms. The average Bonchev–Trinajstić information content (AvgIpc) is 3.10. The van der Waals surface area contributed by atoms with Crippen LogP contribution in [-0.2, 0) is 6.18 Å². The van der Waals surface area contributed by atoms with Crippen molar-refractivity contribution >= 4 is 0 Å². The molecule has 20 heavy (non-hydrogen) atoms. The fraction of sp³-hybridized carbons (Fsp3) is 0.588. The second-order valence-corrected chi connectivity index (χ2v) is 6.67. The van der Waals surface area contributed by atoms with Crippen molar-refractivity contribution in [1.82, 2.24) is 0 Å². The number of rotatable bonds is 1. The zero-order valence-corrected chi connectivity index (χ0v) is 11.3. The lowest BCUT2D eigenvalue weighted by Gasteiger charge is -2.27. The monoisotopic (exact) mass is 279 g/mol. The van der Waals surface area contributed by atoms with E-state index >= 15 is 0 Å². The molecule has 0 spiro atoms. The summed E-state index contributed by atoms with van der Waals surface area (Å²) in [4.78, 5) is 0. The minimum Gasteiger partial charge on any atom is -0.166 e. The van der Waals surface area contributed by atoms with E-state index in [1.54, 1.807) is 12.1 Å². The SMILES string of the molecule is FC(F)(F)c1ccc([C+]2C[C@@H]3C[C@H]2[C@@H]2CCC[C@H]32)cc1. The van der Waals surface area contributed by atoms with Crippen LogP contribution in [0, 0.1) is 29.6 Å². The molecule has 4 atom stereocenters. The van der Waals surface area contributed by atoms with E-state index in [1.807, 2.05) is 0 Å². The lowest BCUT2D eigenvalue weighted by Crippen LogP contribution is -2.23. The van der Waals surface area contributed by atoms with Gasteiger partial charge in [0.05, 0.1) is 5.56 Å². The summed E-state index contributed by atoms with van der Waals surface area (Å²) >= 11 is 0. The molecule has 0 amide bonds. The number of hydrogen-bond acceptors (Lipinski definition) is 0. The number of halogens is 3. The number of hydrogen-bond donors (Lipinski definition) is 0. The molecule has 106 valence electrons. The third-order valence-electron chi connectivity index (χ3n) is 5.82. The van der Waals surface area contributed by atoms with Gasteiger partial charge in [-0.05, 0) is 37.0 Å². The molecule has 1 aromatic carbocycles. The van der Waals surface area contributed by atoms with Crippen LogP contribution in [0.1, 0.15) is 43.2 Å². The summed E-state index contributed by atoms with van der Waals surface area (Å²) < 4.78 is 37.8. The number of benzene rings is 1. The Bertz CT molecular complexity index is 502. The summed E-state index contributed by atoms with van der Waals surface area (Å²) in [6, 6.07) is 5.84. The Hall–Kier alpha value is -1.12. The Morgan fingerprint density at radius 1 is 1.00 bits per heavy atom. The maximum Gasteiger partial charge on any atom is 0.418 e. The van der Waals surface area contributed by atoms with E-state index in [2.05, 4.69) is 0 Å². The van der Waals surface area contributed by atoms with E-state index in [0.29, 0.717) is 5.92 Å². The fourth-order valence-electron chi connectivity index (χ4n) is 5.05. The normalized spacial score (nSPS) is 35.6. The van der Waals surface area contributed by atoms with Crippen LogP contribution < -0.4 is 0 Å². The molecular weight excluding hydrogens is 261 g/mol. The van der Waals surface area contributed by atoms with Crippen molar-refractivity contribution in [2.75, 3.05) is 0 Å². The molecular formula is C17H18F3+. The molecule has 1 aromatic rings. The standard InChI is InChI=1S/C17H18F3/c18-17(19,20)12-6-4-10(5-7-12)15-8-11-9-16(15)14-3-1-2-13(11)14/h4-7,11,13-14,16H,1-3,8-9H2/q+1/t11-,13-,14-,16+/m1/s1. The molecule has 0 N–H and O–H groups in total. The first-order chi connectivity index (χ1) is 9.54. The van der Waals surface area contributed by atoms with Crippen molar-refractivity contribution in [3.8, 4) is 0 Å². The van der Waals surface area contributed by atoms with Gasteiger partial charge in [-0.15, -0.1) is 0 Å². The summed E-state index contributed by atoms with van der Waals surface area (Å²) in [5.41, 5.74) is 0.514. The molecule has 4 rings (SSSR count). The van der Waals surface area contributed by atoms with Crippen LogP contribution in [0.5, 0.6) is 0 Å². The van der Waals surface area contributed by atoms with Gasteiger partial charge in [0.2, 0.25) is 0 Å². The maximum absolute atomic E-state index is 12.6. The van der Waals surface area contributed by atoms with E-state index in [0.717, 1.165) is 29.7 Å². The van der Waals surface area contributed by atoms with Gasteiger partial charge in [-0.3, -0.25) is 0 Å². The van der Waals surface area contributed by atoms with Gasteiger partial charge in [-0.1, -0.05) is 6.42 Å². The molecule has 3 saturated carbocycles. The van der Waals surface area contributed by atoms with Crippen LogP contribution in [0.2, 0.25) is 0 Å². The van der Waals surface area contributed by atoms with Crippen molar-refractivity contribution < 1.29 is 13.2 Å². The van der Waals surface area contributed by atoms with E-state index in [9.17, 15) is 13.2 Å². The molecule has 0 saturated heterocycles. The third kappa shape index (κ3) is 1.78. The topological polar surface area (TPSA) is 0 Å². The van der Waals surface area contributed by atoms with Crippen LogP contribution in [0.3, 0.4) is 0 Å². The number of alkyl halides is 3. The first kappa shape index (κ1) is 12.6. The Morgan fingerprint density at radius 3 is 2.40 bits per heavy atom. The van der Waals surface area contributed by atoms with E-state index in [1.165, 1.54) is 43.7 Å². The summed E-state index contributed by atoms with van der Waals surface area (Å²) in [7, 11) is 0. The summed E-state index contributed by atoms with van der Waals surface area (Å²) in [5.74, 6) is 4.64. The number of fused-ring (bicyclic) bond motifs is 5. The summed E-state index contributed by atoms with van der Waals surface area (Å²) in [6.07, 6.45) is 2.24. The Balaban J connectivity index is 1.57. The van der Waals surface area contributed by atoms with Crippen LogP contribution in [0.15, 0.2) is 24.3 Å². The molecule has 0 radical (unpaired) electrons. The minimum atomic E-state index is -4.23. The van der Waals surface area contributed by atoms with E-state index in [4.69, 9.17) is 0 Å². The van der Waals surface area contributed by atoms with Gasteiger partial charge >= 0.3 is 6.18 Å². The molecule has 3 aliphatic rings. The van der Waals surface area contributed by atoms with Crippen molar-refractivity contribution in [1.29, 1.82) is 0 Å². The van der Waals surface area contributed by atoms with E-state index in [-0.39, 0.29) is 0 Å². The lowest BCUT2D eigenvalue weighted by molar-refractivity contribution is -0.137. The molecule has 3 fully saturated rings. The Kier molecular flexibility index (Phi) is 2.64. The maximum atomic E-state index is 12.6. The zero-order valence-electron chi connectivity index (χ0n) is 11.3. The molecule has 3 heteroatoms. The highest BCUT2D eigenvalue weighted by Crippen LogP contribution is 2.63. The molecule has 0 heterocycles. The highest BCUT2D eigenvalue weighted by Gasteiger charge is 2.57. The van der Waals surface area contributed by atoms with Gasteiger partial charge in [0.1, 0.15) is 5.56 Å². The third-order valence-corrected chi connectivity index (χ3v) is 5.82. The Labute approximate surface area is 117 Å². The predicted octanol–water partition coefficient (Wildman–Crippen LogP) is 5.08. The van der Waals surface area contributed by atoms with Gasteiger partial charge in [0, 0.05) is 42.5 Å².